The highest BCUT2D eigenvalue weighted by atomic mass is 35.5. The largest absolute Gasteiger partial charge is 0.416 e. The molecule has 4 rings (SSSR count). The van der Waals surface area contributed by atoms with Crippen molar-refractivity contribution in [3.8, 4) is 17.1 Å². The molecule has 4 aromatic rings. The van der Waals surface area contributed by atoms with Gasteiger partial charge in [-0.15, -0.1) is 10.2 Å². The van der Waals surface area contributed by atoms with Gasteiger partial charge in [-0.2, -0.15) is 18.3 Å². The normalized spacial score (nSPS) is 11.7. The average molecular weight is 516 g/mol. The lowest BCUT2D eigenvalue weighted by Crippen LogP contribution is -2.20. The Kier molecular flexibility index (Phi) is 7.52. The summed E-state index contributed by atoms with van der Waals surface area (Å²) in [5, 5.41) is 13.5. The number of benzene rings is 3. The highest BCUT2D eigenvalue weighted by Crippen LogP contribution is 2.29. The van der Waals surface area contributed by atoms with Crippen LogP contribution in [0.4, 0.5) is 13.2 Å². The summed E-state index contributed by atoms with van der Waals surface area (Å²) in [6.07, 6.45) is -3.14. The molecule has 0 saturated carbocycles. The van der Waals surface area contributed by atoms with E-state index >= 15 is 0 Å². The highest BCUT2D eigenvalue weighted by molar-refractivity contribution is 7.99. The summed E-state index contributed by atoms with van der Waals surface area (Å²) in [7, 11) is 0. The first kappa shape index (κ1) is 24.5. The van der Waals surface area contributed by atoms with Crippen LogP contribution < -0.4 is 5.43 Å². The molecule has 1 heterocycles. The molecular weight excluding hydrogens is 499 g/mol. The van der Waals surface area contributed by atoms with Gasteiger partial charge < -0.3 is 0 Å². The SMILES string of the molecule is O=C(CSc1nnc(-c2ccccc2)n1-c1ccc(Cl)cc1)NN=Cc1ccc(C(F)(F)F)cc1. The van der Waals surface area contributed by atoms with Crippen LogP contribution in [0.1, 0.15) is 11.1 Å². The van der Waals surface area contributed by atoms with Gasteiger partial charge in [-0.05, 0) is 42.0 Å². The standard InChI is InChI=1S/C24H17ClF3N5OS/c25-19-10-12-20(13-11-19)33-22(17-4-2-1-3-5-17)31-32-23(33)35-15-21(34)30-29-14-16-6-8-18(9-7-16)24(26,27)28/h1-14H,15H2,(H,30,34). The molecule has 3 aromatic carbocycles. The van der Waals surface area contributed by atoms with Gasteiger partial charge >= 0.3 is 6.18 Å². The van der Waals surface area contributed by atoms with Crippen molar-refractivity contribution in [2.24, 2.45) is 5.10 Å². The second-order valence-electron chi connectivity index (χ2n) is 7.19. The van der Waals surface area contributed by atoms with Crippen LogP contribution in [-0.4, -0.2) is 32.6 Å². The van der Waals surface area contributed by atoms with E-state index in [0.717, 1.165) is 23.4 Å². The monoisotopic (exact) mass is 515 g/mol. The van der Waals surface area contributed by atoms with Gasteiger partial charge in [0.15, 0.2) is 11.0 Å². The van der Waals surface area contributed by atoms with Crippen molar-refractivity contribution in [2.45, 2.75) is 11.3 Å². The first-order chi connectivity index (χ1) is 16.8. The summed E-state index contributed by atoms with van der Waals surface area (Å²) in [6.45, 7) is 0. The quantitative estimate of drug-likeness (QED) is 0.190. The van der Waals surface area contributed by atoms with Crippen LogP contribution in [0.15, 0.2) is 89.1 Å². The van der Waals surface area contributed by atoms with Gasteiger partial charge in [0, 0.05) is 16.3 Å². The van der Waals surface area contributed by atoms with Crippen LogP contribution in [0.5, 0.6) is 0 Å². The summed E-state index contributed by atoms with van der Waals surface area (Å²) in [6, 6.07) is 21.1. The minimum absolute atomic E-state index is 0.00906. The summed E-state index contributed by atoms with van der Waals surface area (Å²) >= 11 is 7.20. The molecule has 0 spiro atoms. The molecule has 6 nitrogen and oxygen atoms in total. The van der Waals surface area contributed by atoms with Crippen molar-refractivity contribution in [3.63, 3.8) is 0 Å². The van der Waals surface area contributed by atoms with Gasteiger partial charge in [0.1, 0.15) is 0 Å². The van der Waals surface area contributed by atoms with Gasteiger partial charge in [-0.1, -0.05) is 65.8 Å². The highest BCUT2D eigenvalue weighted by Gasteiger charge is 2.29. The number of rotatable bonds is 7. The summed E-state index contributed by atoms with van der Waals surface area (Å²) in [4.78, 5) is 12.3. The van der Waals surface area contributed by atoms with E-state index < -0.39 is 17.6 Å². The molecule has 35 heavy (non-hydrogen) atoms. The fraction of sp³-hybridized carbons (Fsp3) is 0.0833. The lowest BCUT2D eigenvalue weighted by molar-refractivity contribution is -0.137. The zero-order valence-electron chi connectivity index (χ0n) is 17.9. The number of hydrogen-bond acceptors (Lipinski definition) is 5. The van der Waals surface area contributed by atoms with Gasteiger partial charge in [-0.3, -0.25) is 9.36 Å². The van der Waals surface area contributed by atoms with E-state index in [2.05, 4.69) is 20.7 Å². The number of thioether (sulfide) groups is 1. The van der Waals surface area contributed by atoms with E-state index in [1.54, 1.807) is 12.1 Å². The van der Waals surface area contributed by atoms with Gasteiger partial charge in [0.05, 0.1) is 17.5 Å². The molecule has 0 saturated heterocycles. The third-order valence-electron chi connectivity index (χ3n) is 4.72. The van der Waals surface area contributed by atoms with Crippen molar-refractivity contribution in [2.75, 3.05) is 5.75 Å². The second kappa shape index (κ2) is 10.7. The number of nitrogens with zero attached hydrogens (tertiary/aromatic N) is 4. The van der Waals surface area contributed by atoms with Crippen LogP contribution in [0, 0.1) is 0 Å². The third kappa shape index (κ3) is 6.28. The van der Waals surface area contributed by atoms with E-state index in [1.807, 2.05) is 47.0 Å². The van der Waals surface area contributed by atoms with Gasteiger partial charge in [-0.25, -0.2) is 5.43 Å². The molecular formula is C24H17ClF3N5OS. The molecule has 1 amide bonds. The second-order valence-corrected chi connectivity index (χ2v) is 8.56. The van der Waals surface area contributed by atoms with Crippen molar-refractivity contribution in [3.05, 3.63) is 95.0 Å². The Labute approximate surface area is 207 Å². The number of carbonyl (C=O) groups excluding carboxylic acids is 1. The summed E-state index contributed by atoms with van der Waals surface area (Å²) in [5.41, 5.74) is 3.66. The Morgan fingerprint density at radius 2 is 1.69 bits per heavy atom. The molecule has 1 aromatic heterocycles. The van der Waals surface area contributed by atoms with Gasteiger partial charge in [0.25, 0.3) is 5.91 Å². The van der Waals surface area contributed by atoms with Crippen molar-refractivity contribution in [1.29, 1.82) is 0 Å². The minimum Gasteiger partial charge on any atom is -0.272 e. The van der Waals surface area contributed by atoms with E-state index in [-0.39, 0.29) is 5.75 Å². The summed E-state index contributed by atoms with van der Waals surface area (Å²) < 4.78 is 39.8. The molecule has 0 atom stereocenters. The van der Waals surface area contributed by atoms with Crippen LogP contribution >= 0.6 is 23.4 Å². The first-order valence-electron chi connectivity index (χ1n) is 10.2. The molecule has 1 N–H and O–H groups in total. The maximum Gasteiger partial charge on any atom is 0.416 e. The number of nitrogens with one attached hydrogen (secondary N) is 1. The number of halogens is 4. The smallest absolute Gasteiger partial charge is 0.272 e. The Bertz CT molecular complexity index is 1320. The Hall–Kier alpha value is -3.63. The van der Waals surface area contributed by atoms with E-state index in [1.165, 1.54) is 30.1 Å². The van der Waals surface area contributed by atoms with Crippen LogP contribution in [0.3, 0.4) is 0 Å². The lowest BCUT2D eigenvalue weighted by Gasteiger charge is -2.10. The molecule has 0 radical (unpaired) electrons. The van der Waals surface area contributed by atoms with Crippen molar-refractivity contribution in [1.82, 2.24) is 20.2 Å². The fourth-order valence-corrected chi connectivity index (χ4v) is 3.93. The number of hydrogen-bond donors (Lipinski definition) is 1. The average Bonchev–Trinajstić information content (AvgIpc) is 3.27. The molecule has 0 unspecified atom stereocenters. The molecule has 11 heteroatoms. The molecule has 0 aliphatic carbocycles. The summed E-state index contributed by atoms with van der Waals surface area (Å²) in [5.74, 6) is 0.187. The Balaban J connectivity index is 1.44. The van der Waals surface area contributed by atoms with Crippen molar-refractivity contribution >= 4 is 35.5 Å². The lowest BCUT2D eigenvalue weighted by atomic mass is 10.1. The predicted octanol–water partition coefficient (Wildman–Crippen LogP) is 5.85. The van der Waals surface area contributed by atoms with E-state index in [0.29, 0.717) is 21.6 Å². The molecule has 0 fully saturated rings. The zero-order valence-corrected chi connectivity index (χ0v) is 19.5. The maximum absolute atomic E-state index is 12.6. The number of hydrazone groups is 1. The minimum atomic E-state index is -4.41. The number of alkyl halides is 3. The molecule has 0 aliphatic rings. The Morgan fingerprint density at radius 1 is 1.00 bits per heavy atom. The van der Waals surface area contributed by atoms with Crippen LogP contribution in [0.2, 0.25) is 5.02 Å². The number of carbonyl (C=O) groups is 1. The molecule has 0 bridgehead atoms. The topological polar surface area (TPSA) is 72.2 Å². The number of aromatic nitrogens is 3. The van der Waals surface area contributed by atoms with E-state index in [9.17, 15) is 18.0 Å². The van der Waals surface area contributed by atoms with E-state index in [4.69, 9.17) is 11.6 Å². The first-order valence-corrected chi connectivity index (χ1v) is 11.6. The molecule has 178 valence electrons. The molecule has 0 aliphatic heterocycles. The fourth-order valence-electron chi connectivity index (χ4n) is 3.06. The van der Waals surface area contributed by atoms with Crippen molar-refractivity contribution < 1.29 is 18.0 Å². The maximum atomic E-state index is 12.6. The third-order valence-corrected chi connectivity index (χ3v) is 5.90. The zero-order chi connectivity index (χ0) is 24.8. The Morgan fingerprint density at radius 3 is 2.34 bits per heavy atom. The van der Waals surface area contributed by atoms with Crippen LogP contribution in [-0.2, 0) is 11.0 Å². The van der Waals surface area contributed by atoms with Crippen LogP contribution in [0.25, 0.3) is 17.1 Å². The predicted molar refractivity (Wildman–Crippen MR) is 130 cm³/mol. The number of amides is 1. The van der Waals surface area contributed by atoms with Gasteiger partial charge in [0.2, 0.25) is 0 Å².